The third kappa shape index (κ3) is 4.82. The molecule has 7 heteroatoms. The average molecular weight is 342 g/mol. The molecule has 0 unspecified atom stereocenters. The second-order valence-electron chi connectivity index (χ2n) is 5.98. The molecule has 7 nitrogen and oxygen atoms in total. The molecule has 3 heterocycles. The molecule has 132 valence electrons. The van der Waals surface area contributed by atoms with Crippen LogP contribution in [0.15, 0.2) is 41.1 Å². The Bertz CT molecular complexity index is 692. The van der Waals surface area contributed by atoms with Gasteiger partial charge in [0.05, 0.1) is 6.26 Å². The van der Waals surface area contributed by atoms with Gasteiger partial charge in [0.15, 0.2) is 5.76 Å². The van der Waals surface area contributed by atoms with Crippen LogP contribution in [0.5, 0.6) is 0 Å². The topological polar surface area (TPSA) is 87.5 Å². The number of furan rings is 1. The quantitative estimate of drug-likeness (QED) is 0.800. The number of hydrogen-bond donors (Lipinski definition) is 2. The second kappa shape index (κ2) is 8.32. The second-order valence-corrected chi connectivity index (χ2v) is 5.98. The molecule has 0 spiro atoms. The molecule has 1 aliphatic heterocycles. The summed E-state index contributed by atoms with van der Waals surface area (Å²) in [5, 5.41) is 5.47. The van der Waals surface area contributed by atoms with E-state index in [9.17, 15) is 9.59 Å². The molecular formula is C18H22N4O3. The molecule has 2 N–H and O–H groups in total. The summed E-state index contributed by atoms with van der Waals surface area (Å²) < 4.78 is 4.98. The van der Waals surface area contributed by atoms with Crippen LogP contribution in [-0.4, -0.2) is 36.4 Å². The van der Waals surface area contributed by atoms with Gasteiger partial charge in [-0.15, -0.1) is 0 Å². The number of rotatable bonds is 7. The lowest BCUT2D eigenvalue weighted by Crippen LogP contribution is -2.30. The Hall–Kier alpha value is -2.83. The first-order valence-electron chi connectivity index (χ1n) is 8.50. The van der Waals surface area contributed by atoms with Crippen molar-refractivity contribution in [1.82, 2.24) is 15.6 Å². The maximum absolute atomic E-state index is 11.8. The molecule has 0 atom stereocenters. The van der Waals surface area contributed by atoms with Crippen LogP contribution in [0.1, 0.15) is 35.4 Å². The van der Waals surface area contributed by atoms with Crippen molar-refractivity contribution in [2.24, 2.45) is 0 Å². The highest BCUT2D eigenvalue weighted by molar-refractivity contribution is 5.91. The van der Waals surface area contributed by atoms with Crippen molar-refractivity contribution in [2.75, 3.05) is 24.5 Å². The summed E-state index contributed by atoms with van der Waals surface area (Å²) in [6, 6.07) is 7.20. The first kappa shape index (κ1) is 17.0. The first-order valence-corrected chi connectivity index (χ1v) is 8.50. The number of anilines is 1. The van der Waals surface area contributed by atoms with E-state index in [0.717, 1.165) is 24.5 Å². The summed E-state index contributed by atoms with van der Waals surface area (Å²) in [5.41, 5.74) is 0.955. The van der Waals surface area contributed by atoms with Gasteiger partial charge in [-0.05, 0) is 36.6 Å². The van der Waals surface area contributed by atoms with Gasteiger partial charge in [-0.25, -0.2) is 4.98 Å². The normalized spacial score (nSPS) is 13.7. The van der Waals surface area contributed by atoms with Crippen LogP contribution in [0, 0.1) is 0 Å². The molecule has 1 saturated heterocycles. The largest absolute Gasteiger partial charge is 0.459 e. The van der Waals surface area contributed by atoms with E-state index in [0.29, 0.717) is 6.54 Å². The number of nitrogens with zero attached hydrogens (tertiary/aromatic N) is 2. The minimum atomic E-state index is -0.320. The average Bonchev–Trinajstić information content (AvgIpc) is 3.34. The van der Waals surface area contributed by atoms with E-state index in [1.807, 2.05) is 12.1 Å². The van der Waals surface area contributed by atoms with E-state index >= 15 is 0 Å². The minimum Gasteiger partial charge on any atom is -0.459 e. The molecule has 0 aromatic carbocycles. The number of nitrogens with one attached hydrogen (secondary N) is 2. The molecule has 1 aliphatic rings. The number of carbonyl (C=O) groups excluding carboxylic acids is 2. The number of pyridine rings is 1. The molecule has 0 saturated carbocycles. The molecule has 3 rings (SSSR count). The van der Waals surface area contributed by atoms with Gasteiger partial charge in [0.1, 0.15) is 5.82 Å². The van der Waals surface area contributed by atoms with Crippen molar-refractivity contribution in [3.05, 3.63) is 48.0 Å². The van der Waals surface area contributed by atoms with Crippen LogP contribution in [0.2, 0.25) is 0 Å². The van der Waals surface area contributed by atoms with Crippen molar-refractivity contribution in [1.29, 1.82) is 0 Å². The fourth-order valence-electron chi connectivity index (χ4n) is 2.73. The highest BCUT2D eigenvalue weighted by atomic mass is 16.3. The fourth-order valence-corrected chi connectivity index (χ4v) is 2.73. The van der Waals surface area contributed by atoms with Gasteiger partial charge in [-0.3, -0.25) is 9.59 Å². The Labute approximate surface area is 146 Å². The molecule has 25 heavy (non-hydrogen) atoms. The van der Waals surface area contributed by atoms with E-state index in [1.165, 1.54) is 19.1 Å². The maximum Gasteiger partial charge on any atom is 0.286 e. The third-order valence-corrected chi connectivity index (χ3v) is 4.11. The van der Waals surface area contributed by atoms with Gasteiger partial charge < -0.3 is 20.0 Å². The highest BCUT2D eigenvalue weighted by Gasteiger charge is 2.13. The predicted molar refractivity (Wildman–Crippen MR) is 93.2 cm³/mol. The zero-order valence-electron chi connectivity index (χ0n) is 14.0. The zero-order chi connectivity index (χ0) is 17.5. The van der Waals surface area contributed by atoms with E-state index in [2.05, 4.69) is 20.5 Å². The van der Waals surface area contributed by atoms with E-state index in [1.54, 1.807) is 18.3 Å². The molecule has 0 aliphatic carbocycles. The number of aromatic nitrogens is 1. The fraction of sp³-hybridized carbons (Fsp3) is 0.389. The number of carbonyl (C=O) groups is 2. The van der Waals surface area contributed by atoms with Crippen LogP contribution in [0.4, 0.5) is 5.82 Å². The molecular weight excluding hydrogens is 320 g/mol. The highest BCUT2D eigenvalue weighted by Crippen LogP contribution is 2.17. The third-order valence-electron chi connectivity index (χ3n) is 4.11. The molecule has 1 fully saturated rings. The molecule has 2 amide bonds. The monoisotopic (exact) mass is 342 g/mol. The van der Waals surface area contributed by atoms with Gasteiger partial charge in [0.25, 0.3) is 5.91 Å². The van der Waals surface area contributed by atoms with Gasteiger partial charge in [-0.1, -0.05) is 6.07 Å². The van der Waals surface area contributed by atoms with Crippen LogP contribution in [0.25, 0.3) is 0 Å². The van der Waals surface area contributed by atoms with E-state index in [4.69, 9.17) is 4.42 Å². The van der Waals surface area contributed by atoms with Crippen molar-refractivity contribution in [3.8, 4) is 0 Å². The van der Waals surface area contributed by atoms with Crippen LogP contribution in [0.3, 0.4) is 0 Å². The molecule has 0 radical (unpaired) electrons. The van der Waals surface area contributed by atoms with E-state index in [-0.39, 0.29) is 30.5 Å². The lowest BCUT2D eigenvalue weighted by molar-refractivity contribution is -0.121. The summed E-state index contributed by atoms with van der Waals surface area (Å²) in [7, 11) is 0. The predicted octanol–water partition coefficient (Wildman–Crippen LogP) is 1.71. The SMILES string of the molecule is O=C(CCNC(=O)c1ccco1)NCc1ccc(N2CCCC2)nc1. The Kier molecular flexibility index (Phi) is 5.66. The molecule has 2 aromatic rings. The van der Waals surface area contributed by atoms with Gasteiger partial charge in [-0.2, -0.15) is 0 Å². The van der Waals surface area contributed by atoms with Gasteiger partial charge in [0.2, 0.25) is 5.91 Å². The van der Waals surface area contributed by atoms with Crippen LogP contribution >= 0.6 is 0 Å². The van der Waals surface area contributed by atoms with Crippen molar-refractivity contribution in [2.45, 2.75) is 25.8 Å². The van der Waals surface area contributed by atoms with Crippen LogP contribution in [-0.2, 0) is 11.3 Å². The molecule has 0 bridgehead atoms. The summed E-state index contributed by atoms with van der Waals surface area (Å²) in [6.45, 7) is 2.81. The number of amides is 2. The van der Waals surface area contributed by atoms with Crippen molar-refractivity contribution >= 4 is 17.6 Å². The first-order chi connectivity index (χ1) is 12.2. The smallest absolute Gasteiger partial charge is 0.286 e. The van der Waals surface area contributed by atoms with E-state index < -0.39 is 0 Å². The summed E-state index contributed by atoms with van der Waals surface area (Å²) in [5.74, 6) is 0.792. The number of hydrogen-bond acceptors (Lipinski definition) is 5. The Morgan fingerprint density at radius 1 is 1.16 bits per heavy atom. The zero-order valence-corrected chi connectivity index (χ0v) is 14.0. The summed E-state index contributed by atoms with van der Waals surface area (Å²) >= 11 is 0. The molecule has 2 aromatic heterocycles. The lowest BCUT2D eigenvalue weighted by atomic mass is 10.2. The Morgan fingerprint density at radius 3 is 2.68 bits per heavy atom. The van der Waals surface area contributed by atoms with Gasteiger partial charge in [0, 0.05) is 38.8 Å². The standard InChI is InChI=1S/C18H22N4O3/c23-17(7-8-19-18(24)15-4-3-11-25-15)21-13-14-5-6-16(20-12-14)22-9-1-2-10-22/h3-6,11-12H,1-2,7-10,13H2,(H,19,24)(H,21,23). The summed E-state index contributed by atoms with van der Waals surface area (Å²) in [6.07, 6.45) is 5.88. The van der Waals surface area contributed by atoms with Crippen LogP contribution < -0.4 is 15.5 Å². The maximum atomic E-state index is 11.8. The van der Waals surface area contributed by atoms with Gasteiger partial charge >= 0.3 is 0 Å². The van der Waals surface area contributed by atoms with Crippen molar-refractivity contribution in [3.63, 3.8) is 0 Å². The Morgan fingerprint density at radius 2 is 2.00 bits per heavy atom. The van der Waals surface area contributed by atoms with Crippen molar-refractivity contribution < 1.29 is 14.0 Å². The lowest BCUT2D eigenvalue weighted by Gasteiger charge is -2.16. The Balaban J connectivity index is 1.36. The summed E-state index contributed by atoms with van der Waals surface area (Å²) in [4.78, 5) is 30.2. The minimum absolute atomic E-state index is 0.122.